The van der Waals surface area contributed by atoms with Crippen LogP contribution in [0.25, 0.3) is 0 Å². The number of hydrogen-bond acceptors (Lipinski definition) is 4. The third-order valence-electron chi connectivity index (χ3n) is 4.76. The highest BCUT2D eigenvalue weighted by molar-refractivity contribution is 6.03. The van der Waals surface area contributed by atoms with E-state index in [9.17, 15) is 9.59 Å². The fraction of sp³-hybridized carbons (Fsp3) is 0.364. The van der Waals surface area contributed by atoms with E-state index in [0.717, 1.165) is 5.75 Å². The van der Waals surface area contributed by atoms with Gasteiger partial charge in [-0.25, -0.2) is 4.79 Å². The lowest BCUT2D eigenvalue weighted by molar-refractivity contribution is 0.0303. The lowest BCUT2D eigenvalue weighted by atomic mass is 10.1. The average molecular weight is 397 g/mol. The number of carbonyl (C=O) groups is 2. The van der Waals surface area contributed by atoms with Crippen LogP contribution in [0.3, 0.4) is 0 Å². The number of para-hydroxylation sites is 1. The van der Waals surface area contributed by atoms with Gasteiger partial charge in [0, 0.05) is 20.1 Å². The van der Waals surface area contributed by atoms with Gasteiger partial charge in [-0.15, -0.1) is 0 Å². The Balaban J connectivity index is 1.55. The van der Waals surface area contributed by atoms with E-state index in [1.807, 2.05) is 31.2 Å². The third-order valence-corrected chi connectivity index (χ3v) is 4.76. The van der Waals surface area contributed by atoms with Crippen LogP contribution < -0.4 is 10.1 Å². The van der Waals surface area contributed by atoms with Crippen LogP contribution in [-0.4, -0.2) is 68.2 Å². The minimum absolute atomic E-state index is 0.102. The molecule has 3 rings (SSSR count). The number of morpholine rings is 1. The molecule has 29 heavy (non-hydrogen) atoms. The maximum atomic E-state index is 12.8. The Morgan fingerprint density at radius 1 is 1.10 bits per heavy atom. The molecule has 0 aliphatic carbocycles. The van der Waals surface area contributed by atoms with Gasteiger partial charge in [-0.1, -0.05) is 29.8 Å². The number of nitrogens with one attached hydrogen (secondary N) is 1. The highest BCUT2D eigenvalue weighted by atomic mass is 16.5. The van der Waals surface area contributed by atoms with Crippen molar-refractivity contribution >= 4 is 17.6 Å². The van der Waals surface area contributed by atoms with Crippen LogP contribution in [0.2, 0.25) is 0 Å². The van der Waals surface area contributed by atoms with Crippen molar-refractivity contribution < 1.29 is 19.1 Å². The number of hydrogen-bond donors (Lipinski definition) is 1. The van der Waals surface area contributed by atoms with Gasteiger partial charge in [0.2, 0.25) is 0 Å². The lowest BCUT2D eigenvalue weighted by Gasteiger charge is -2.28. The maximum absolute atomic E-state index is 12.8. The van der Waals surface area contributed by atoms with E-state index in [4.69, 9.17) is 9.47 Å². The van der Waals surface area contributed by atoms with Crippen LogP contribution in [0, 0.1) is 6.92 Å². The second-order valence-electron chi connectivity index (χ2n) is 6.96. The van der Waals surface area contributed by atoms with Crippen molar-refractivity contribution in [3.05, 3.63) is 59.7 Å². The number of likely N-dealkylation sites (N-methyl/N-ethyl adjacent to an activating group) is 1. The van der Waals surface area contributed by atoms with Gasteiger partial charge in [0.1, 0.15) is 12.4 Å². The first-order valence-corrected chi connectivity index (χ1v) is 9.72. The lowest BCUT2D eigenvalue weighted by Crippen LogP contribution is -2.41. The molecule has 0 unspecified atom stereocenters. The van der Waals surface area contributed by atoms with E-state index in [0.29, 0.717) is 50.7 Å². The molecular weight excluding hydrogens is 370 g/mol. The van der Waals surface area contributed by atoms with Crippen molar-refractivity contribution in [1.82, 2.24) is 9.80 Å². The SMILES string of the molecule is Cc1ccc(OCCN(C)C(=O)Nc2ccccc2C(=O)N2CCOCC2)cc1. The Morgan fingerprint density at radius 3 is 2.52 bits per heavy atom. The van der Waals surface area contributed by atoms with Crippen LogP contribution in [-0.2, 0) is 4.74 Å². The van der Waals surface area contributed by atoms with E-state index in [1.54, 1.807) is 36.2 Å². The molecule has 7 nitrogen and oxygen atoms in total. The van der Waals surface area contributed by atoms with Gasteiger partial charge in [0.25, 0.3) is 5.91 Å². The molecule has 0 atom stereocenters. The Bertz CT molecular complexity index is 832. The summed E-state index contributed by atoms with van der Waals surface area (Å²) in [5.74, 6) is 0.667. The van der Waals surface area contributed by atoms with Gasteiger partial charge >= 0.3 is 6.03 Å². The molecule has 1 N–H and O–H groups in total. The van der Waals surface area contributed by atoms with E-state index in [-0.39, 0.29) is 11.9 Å². The van der Waals surface area contributed by atoms with Crippen molar-refractivity contribution in [1.29, 1.82) is 0 Å². The predicted octanol–water partition coefficient (Wildman–Crippen LogP) is 3.01. The smallest absolute Gasteiger partial charge is 0.321 e. The number of anilines is 1. The van der Waals surface area contributed by atoms with Crippen LogP contribution in [0.5, 0.6) is 5.75 Å². The van der Waals surface area contributed by atoms with Gasteiger partial charge in [0.05, 0.1) is 31.0 Å². The zero-order valence-electron chi connectivity index (χ0n) is 16.9. The van der Waals surface area contributed by atoms with E-state index >= 15 is 0 Å². The van der Waals surface area contributed by atoms with Crippen molar-refractivity contribution in [2.75, 3.05) is 51.8 Å². The minimum Gasteiger partial charge on any atom is -0.492 e. The fourth-order valence-electron chi connectivity index (χ4n) is 2.96. The largest absolute Gasteiger partial charge is 0.492 e. The van der Waals surface area contributed by atoms with Crippen molar-refractivity contribution in [3.63, 3.8) is 0 Å². The van der Waals surface area contributed by atoms with Crippen molar-refractivity contribution in [2.24, 2.45) is 0 Å². The van der Waals surface area contributed by atoms with Crippen molar-refractivity contribution in [2.45, 2.75) is 6.92 Å². The molecule has 154 valence electrons. The quantitative estimate of drug-likeness (QED) is 0.813. The standard InChI is InChI=1S/C22H27N3O4/c1-17-7-9-18(10-8-17)29-16-11-24(2)22(27)23-20-6-4-3-5-19(20)21(26)25-12-14-28-15-13-25/h3-10H,11-16H2,1-2H3,(H,23,27). The maximum Gasteiger partial charge on any atom is 0.321 e. The summed E-state index contributed by atoms with van der Waals surface area (Å²) in [5.41, 5.74) is 2.14. The predicted molar refractivity (Wildman–Crippen MR) is 111 cm³/mol. The summed E-state index contributed by atoms with van der Waals surface area (Å²) >= 11 is 0. The highest BCUT2D eigenvalue weighted by Crippen LogP contribution is 2.18. The van der Waals surface area contributed by atoms with Crippen LogP contribution >= 0.6 is 0 Å². The first-order valence-electron chi connectivity index (χ1n) is 9.72. The summed E-state index contributed by atoms with van der Waals surface area (Å²) in [4.78, 5) is 28.7. The Labute approximate surface area is 171 Å². The second kappa shape index (κ2) is 9.93. The summed E-state index contributed by atoms with van der Waals surface area (Å²) < 4.78 is 11.0. The Kier molecular flexibility index (Phi) is 7.08. The Morgan fingerprint density at radius 2 is 1.79 bits per heavy atom. The molecule has 0 bridgehead atoms. The van der Waals surface area contributed by atoms with Crippen molar-refractivity contribution in [3.8, 4) is 5.75 Å². The van der Waals surface area contributed by atoms with Gasteiger partial charge in [0.15, 0.2) is 0 Å². The summed E-state index contributed by atoms with van der Waals surface area (Å²) in [6.07, 6.45) is 0. The second-order valence-corrected chi connectivity index (χ2v) is 6.96. The molecule has 1 saturated heterocycles. The number of rotatable bonds is 6. The molecule has 1 heterocycles. The fourth-order valence-corrected chi connectivity index (χ4v) is 2.96. The topological polar surface area (TPSA) is 71.1 Å². The Hall–Kier alpha value is -3.06. The van der Waals surface area contributed by atoms with Gasteiger partial charge < -0.3 is 24.6 Å². The number of aryl methyl sites for hydroxylation is 1. The summed E-state index contributed by atoms with van der Waals surface area (Å²) in [7, 11) is 1.69. The van der Waals surface area contributed by atoms with E-state index in [1.165, 1.54) is 10.5 Å². The molecule has 0 radical (unpaired) electrons. The number of amides is 3. The number of nitrogens with zero attached hydrogens (tertiary/aromatic N) is 2. The zero-order chi connectivity index (χ0) is 20.6. The number of carbonyl (C=O) groups excluding carboxylic acids is 2. The average Bonchev–Trinajstić information content (AvgIpc) is 2.75. The molecule has 2 aromatic carbocycles. The number of ether oxygens (including phenoxy) is 2. The molecule has 1 fully saturated rings. The third kappa shape index (κ3) is 5.71. The van der Waals surface area contributed by atoms with Crippen LogP contribution in [0.15, 0.2) is 48.5 Å². The highest BCUT2D eigenvalue weighted by Gasteiger charge is 2.22. The first kappa shape index (κ1) is 20.7. The zero-order valence-corrected chi connectivity index (χ0v) is 16.9. The van der Waals surface area contributed by atoms with E-state index < -0.39 is 0 Å². The van der Waals surface area contributed by atoms with E-state index in [2.05, 4.69) is 5.32 Å². The molecule has 1 aliphatic rings. The van der Waals surface area contributed by atoms with Gasteiger partial charge in [-0.05, 0) is 31.2 Å². The minimum atomic E-state index is -0.292. The molecular formula is C22H27N3O4. The van der Waals surface area contributed by atoms with Crippen LogP contribution in [0.1, 0.15) is 15.9 Å². The molecule has 0 spiro atoms. The normalized spacial score (nSPS) is 13.7. The summed E-state index contributed by atoms with van der Waals surface area (Å²) in [6.45, 7) is 4.98. The molecule has 1 aliphatic heterocycles. The molecule has 3 amide bonds. The first-order chi connectivity index (χ1) is 14.0. The molecule has 2 aromatic rings. The summed E-state index contributed by atoms with van der Waals surface area (Å²) in [5, 5.41) is 2.84. The molecule has 0 saturated carbocycles. The molecule has 0 aromatic heterocycles. The van der Waals surface area contributed by atoms with Crippen LogP contribution in [0.4, 0.5) is 10.5 Å². The summed E-state index contributed by atoms with van der Waals surface area (Å²) in [6, 6.07) is 14.5. The number of urea groups is 1. The van der Waals surface area contributed by atoms with Gasteiger partial charge in [-0.3, -0.25) is 4.79 Å². The molecule has 7 heteroatoms. The number of benzene rings is 2. The van der Waals surface area contributed by atoms with Gasteiger partial charge in [-0.2, -0.15) is 0 Å². The monoisotopic (exact) mass is 397 g/mol.